The van der Waals surface area contributed by atoms with Crippen molar-refractivity contribution in [3.8, 4) is 5.75 Å². The van der Waals surface area contributed by atoms with E-state index in [2.05, 4.69) is 55.8 Å². The van der Waals surface area contributed by atoms with Gasteiger partial charge in [-0.1, -0.05) is 39.0 Å². The molecule has 0 spiro atoms. The monoisotopic (exact) mass is 484 g/mol. The summed E-state index contributed by atoms with van der Waals surface area (Å²) < 4.78 is 6.20. The minimum Gasteiger partial charge on any atom is -0.491 e. The third-order valence-electron chi connectivity index (χ3n) is 6.44. The molecule has 3 rings (SSSR count). The van der Waals surface area contributed by atoms with Crippen molar-refractivity contribution >= 4 is 17.2 Å². The van der Waals surface area contributed by atoms with Crippen LogP contribution < -0.4 is 4.74 Å². The zero-order valence-corrected chi connectivity index (χ0v) is 21.7. The van der Waals surface area contributed by atoms with Crippen LogP contribution in [0, 0.1) is 0 Å². The summed E-state index contributed by atoms with van der Waals surface area (Å²) in [6.07, 6.45) is 4.65. The van der Waals surface area contributed by atoms with E-state index in [0.717, 1.165) is 31.6 Å². The van der Waals surface area contributed by atoms with E-state index in [1.54, 1.807) is 11.3 Å². The number of nitrogens with zero attached hydrogens (tertiary/aromatic N) is 2. The van der Waals surface area contributed by atoms with E-state index in [1.807, 2.05) is 23.1 Å². The average molecular weight is 485 g/mol. The number of hydrogen-bond acceptors (Lipinski definition) is 5. The van der Waals surface area contributed by atoms with E-state index >= 15 is 0 Å². The standard InChI is InChI=1S/C28H40N2O3S/c1-5-7-8-23(31)18-29(15-6-2)19-28(32)30-16-13-27-25(14-17-34-27)26(30)20-33-24-11-9-22(10-12-24)21(3)4/h5,9-12,14,17,21,23,26,31H,1,6-8,13,15-16,18-20H2,2-4H3/t23-,26+/m0/s1. The third-order valence-corrected chi connectivity index (χ3v) is 7.44. The Balaban J connectivity index is 1.69. The zero-order chi connectivity index (χ0) is 24.5. The van der Waals surface area contributed by atoms with Crippen molar-refractivity contribution in [1.29, 1.82) is 0 Å². The van der Waals surface area contributed by atoms with E-state index in [0.29, 0.717) is 38.6 Å². The molecule has 2 heterocycles. The first-order valence-electron chi connectivity index (χ1n) is 12.5. The van der Waals surface area contributed by atoms with Crippen LogP contribution in [0.15, 0.2) is 48.4 Å². The van der Waals surface area contributed by atoms with Gasteiger partial charge in [0.25, 0.3) is 0 Å². The van der Waals surface area contributed by atoms with Gasteiger partial charge in [-0.05, 0) is 72.9 Å². The van der Waals surface area contributed by atoms with Crippen molar-refractivity contribution in [3.63, 3.8) is 0 Å². The first-order valence-corrected chi connectivity index (χ1v) is 13.4. The molecule has 1 amide bonds. The summed E-state index contributed by atoms with van der Waals surface area (Å²) in [7, 11) is 0. The second-order valence-electron chi connectivity index (χ2n) is 9.44. The van der Waals surface area contributed by atoms with Crippen molar-refractivity contribution in [2.24, 2.45) is 0 Å². The molecule has 0 saturated carbocycles. The summed E-state index contributed by atoms with van der Waals surface area (Å²) >= 11 is 1.76. The van der Waals surface area contributed by atoms with Crippen molar-refractivity contribution in [2.45, 2.75) is 64.5 Å². The largest absolute Gasteiger partial charge is 0.491 e. The Hall–Kier alpha value is -2.15. The Morgan fingerprint density at radius 3 is 2.76 bits per heavy atom. The molecule has 0 unspecified atom stereocenters. The molecule has 6 heteroatoms. The van der Waals surface area contributed by atoms with Crippen LogP contribution in [0.4, 0.5) is 0 Å². The van der Waals surface area contributed by atoms with Gasteiger partial charge in [0.05, 0.1) is 18.7 Å². The predicted molar refractivity (Wildman–Crippen MR) is 141 cm³/mol. The molecule has 1 aromatic heterocycles. The average Bonchev–Trinajstić information content (AvgIpc) is 3.30. The summed E-state index contributed by atoms with van der Waals surface area (Å²) in [6.45, 7) is 13.0. The van der Waals surface area contributed by atoms with Gasteiger partial charge in [-0.25, -0.2) is 0 Å². The number of ether oxygens (including phenoxy) is 1. The molecule has 34 heavy (non-hydrogen) atoms. The molecule has 2 aromatic rings. The lowest BCUT2D eigenvalue weighted by molar-refractivity contribution is -0.136. The Bertz CT molecular complexity index is 909. The van der Waals surface area contributed by atoms with Gasteiger partial charge in [0, 0.05) is 18.0 Å². The van der Waals surface area contributed by atoms with Gasteiger partial charge in [0.1, 0.15) is 12.4 Å². The molecule has 0 fully saturated rings. The molecule has 0 aliphatic carbocycles. The zero-order valence-electron chi connectivity index (χ0n) is 20.9. The smallest absolute Gasteiger partial charge is 0.237 e. The van der Waals surface area contributed by atoms with Crippen molar-refractivity contribution in [2.75, 3.05) is 32.8 Å². The summed E-state index contributed by atoms with van der Waals surface area (Å²) in [5.41, 5.74) is 2.49. The number of rotatable bonds is 13. The maximum atomic E-state index is 13.5. The second-order valence-corrected chi connectivity index (χ2v) is 10.4. The molecule has 2 atom stereocenters. The molecule has 1 aromatic carbocycles. The van der Waals surface area contributed by atoms with E-state index in [9.17, 15) is 9.90 Å². The van der Waals surface area contributed by atoms with Crippen LogP contribution in [0.5, 0.6) is 5.75 Å². The summed E-state index contributed by atoms with van der Waals surface area (Å²) in [6, 6.07) is 10.3. The number of carbonyl (C=O) groups is 1. The minimum atomic E-state index is -0.449. The molecule has 1 aliphatic rings. The van der Waals surface area contributed by atoms with Gasteiger partial charge >= 0.3 is 0 Å². The first kappa shape index (κ1) is 26.5. The fourth-order valence-corrected chi connectivity index (χ4v) is 5.46. The van der Waals surface area contributed by atoms with Crippen LogP contribution in [0.25, 0.3) is 0 Å². The van der Waals surface area contributed by atoms with Crippen LogP contribution in [0.1, 0.15) is 68.0 Å². The highest BCUT2D eigenvalue weighted by Crippen LogP contribution is 2.34. The summed E-state index contributed by atoms with van der Waals surface area (Å²) in [4.78, 5) is 18.9. The topological polar surface area (TPSA) is 53.0 Å². The fourth-order valence-electron chi connectivity index (χ4n) is 4.53. The number of allylic oxidation sites excluding steroid dienone is 1. The molecule has 0 radical (unpaired) electrons. The predicted octanol–water partition coefficient (Wildman–Crippen LogP) is 5.42. The SMILES string of the molecule is C=CCC[C@H](O)CN(CCC)CC(=O)N1CCc2sccc2[C@H]1COc1ccc(C(C)C)cc1. The van der Waals surface area contributed by atoms with Gasteiger partial charge in [0.15, 0.2) is 0 Å². The summed E-state index contributed by atoms with van der Waals surface area (Å²) in [5.74, 6) is 1.41. The lowest BCUT2D eigenvalue weighted by Crippen LogP contribution is -2.47. The number of thiophene rings is 1. The van der Waals surface area contributed by atoms with Crippen LogP contribution in [-0.4, -0.2) is 59.7 Å². The van der Waals surface area contributed by atoms with Crippen LogP contribution in [0.2, 0.25) is 0 Å². The van der Waals surface area contributed by atoms with Gasteiger partial charge in [-0.3, -0.25) is 9.69 Å². The number of amides is 1. The molecule has 0 bridgehead atoms. The maximum Gasteiger partial charge on any atom is 0.237 e. The number of carbonyl (C=O) groups excluding carboxylic acids is 1. The Morgan fingerprint density at radius 2 is 2.09 bits per heavy atom. The molecule has 1 N–H and O–H groups in total. The van der Waals surface area contributed by atoms with E-state index in [1.165, 1.54) is 16.0 Å². The number of benzene rings is 1. The molecular formula is C28H40N2O3S. The van der Waals surface area contributed by atoms with Gasteiger partial charge in [-0.2, -0.15) is 0 Å². The highest BCUT2D eigenvalue weighted by atomic mass is 32.1. The molecular weight excluding hydrogens is 444 g/mol. The van der Waals surface area contributed by atoms with Gasteiger partial charge < -0.3 is 14.7 Å². The number of aliphatic hydroxyl groups is 1. The Kier molecular flexibility index (Phi) is 10.2. The highest BCUT2D eigenvalue weighted by molar-refractivity contribution is 7.10. The lowest BCUT2D eigenvalue weighted by atomic mass is 10.00. The highest BCUT2D eigenvalue weighted by Gasteiger charge is 2.33. The van der Waals surface area contributed by atoms with Gasteiger partial charge in [0.2, 0.25) is 5.91 Å². The van der Waals surface area contributed by atoms with Crippen molar-refractivity contribution < 1.29 is 14.6 Å². The quantitative estimate of drug-likeness (QED) is 0.386. The molecule has 0 saturated heterocycles. The Morgan fingerprint density at radius 1 is 1.32 bits per heavy atom. The minimum absolute atomic E-state index is 0.0959. The third kappa shape index (κ3) is 7.17. The van der Waals surface area contributed by atoms with E-state index in [4.69, 9.17) is 4.74 Å². The molecule has 5 nitrogen and oxygen atoms in total. The van der Waals surface area contributed by atoms with E-state index < -0.39 is 6.10 Å². The van der Waals surface area contributed by atoms with Crippen LogP contribution in [0.3, 0.4) is 0 Å². The Labute approximate surface area is 209 Å². The van der Waals surface area contributed by atoms with Crippen molar-refractivity contribution in [1.82, 2.24) is 9.80 Å². The molecule has 1 aliphatic heterocycles. The van der Waals surface area contributed by atoms with Gasteiger partial charge in [-0.15, -0.1) is 17.9 Å². The first-order chi connectivity index (χ1) is 16.4. The maximum absolute atomic E-state index is 13.5. The van der Waals surface area contributed by atoms with Crippen LogP contribution in [-0.2, 0) is 11.2 Å². The van der Waals surface area contributed by atoms with Crippen molar-refractivity contribution in [3.05, 3.63) is 64.4 Å². The number of aliphatic hydroxyl groups excluding tert-OH is 1. The normalized spacial score (nSPS) is 16.5. The number of fused-ring (bicyclic) bond motifs is 1. The second kappa shape index (κ2) is 13.1. The lowest BCUT2D eigenvalue weighted by Gasteiger charge is -2.37. The number of hydrogen-bond donors (Lipinski definition) is 1. The summed E-state index contributed by atoms with van der Waals surface area (Å²) in [5, 5.41) is 12.5. The van der Waals surface area contributed by atoms with E-state index in [-0.39, 0.29) is 11.9 Å². The molecule has 186 valence electrons. The van der Waals surface area contributed by atoms with Crippen LogP contribution >= 0.6 is 11.3 Å². The fraction of sp³-hybridized carbons (Fsp3) is 0.536.